The van der Waals surface area contributed by atoms with Gasteiger partial charge in [0.05, 0.1) is 6.07 Å². The Labute approximate surface area is 86.6 Å². The normalized spacial score (nSPS) is 19.6. The lowest BCUT2D eigenvalue weighted by atomic mass is 9.97. The third kappa shape index (κ3) is 2.97. The van der Waals surface area contributed by atoms with Crippen LogP contribution >= 0.6 is 0 Å². The molecule has 0 atom stereocenters. The van der Waals surface area contributed by atoms with Crippen molar-refractivity contribution in [2.75, 3.05) is 26.8 Å². The van der Waals surface area contributed by atoms with Gasteiger partial charge in [-0.1, -0.05) is 0 Å². The summed E-state index contributed by atoms with van der Waals surface area (Å²) in [6.07, 6.45) is 2.26. The quantitative estimate of drug-likeness (QED) is 0.688. The highest BCUT2D eigenvalue weighted by atomic mass is 16.5. The third-order valence-corrected chi connectivity index (χ3v) is 3.10. The van der Waals surface area contributed by atoms with Gasteiger partial charge in [-0.05, 0) is 39.7 Å². The molecule has 1 fully saturated rings. The van der Waals surface area contributed by atoms with Crippen LogP contribution < -0.4 is 0 Å². The molecular formula is C11H20N2O. The molecule has 0 saturated carbocycles. The van der Waals surface area contributed by atoms with Gasteiger partial charge in [-0.15, -0.1) is 0 Å². The molecule has 0 aromatic carbocycles. The molecule has 0 aromatic heterocycles. The first-order valence-corrected chi connectivity index (χ1v) is 5.26. The maximum absolute atomic E-state index is 8.98. The van der Waals surface area contributed by atoms with E-state index < -0.39 is 0 Å². The highest BCUT2D eigenvalue weighted by molar-refractivity contribution is 5.00. The zero-order valence-electron chi connectivity index (χ0n) is 9.42. The van der Waals surface area contributed by atoms with E-state index in [0.29, 0.717) is 5.92 Å². The van der Waals surface area contributed by atoms with Crippen molar-refractivity contribution < 1.29 is 4.74 Å². The van der Waals surface area contributed by atoms with Crippen LogP contribution in [-0.4, -0.2) is 37.2 Å². The molecule has 14 heavy (non-hydrogen) atoms. The highest BCUT2D eigenvalue weighted by Gasteiger charge is 2.26. The van der Waals surface area contributed by atoms with E-state index in [1.54, 1.807) is 0 Å². The molecule has 0 radical (unpaired) electrons. The van der Waals surface area contributed by atoms with Gasteiger partial charge in [0.15, 0.2) is 0 Å². The van der Waals surface area contributed by atoms with Crippen LogP contribution in [-0.2, 0) is 4.74 Å². The van der Waals surface area contributed by atoms with Crippen molar-refractivity contribution in [3.05, 3.63) is 0 Å². The summed E-state index contributed by atoms with van der Waals surface area (Å²) in [6.45, 7) is 6.69. The van der Waals surface area contributed by atoms with Gasteiger partial charge in [-0.2, -0.15) is 5.26 Å². The Balaban J connectivity index is 2.39. The lowest BCUT2D eigenvalue weighted by Gasteiger charge is -2.33. The first-order chi connectivity index (χ1) is 6.56. The average molecular weight is 196 g/mol. The van der Waals surface area contributed by atoms with Crippen LogP contribution in [0.1, 0.15) is 26.7 Å². The Bertz CT molecular complexity index is 214. The predicted octanol–water partition coefficient (Wildman–Crippen LogP) is 1.65. The van der Waals surface area contributed by atoms with Gasteiger partial charge in [0.1, 0.15) is 5.54 Å². The minimum absolute atomic E-state index is 0.349. The molecule has 0 amide bonds. The van der Waals surface area contributed by atoms with E-state index >= 15 is 0 Å². The first-order valence-electron chi connectivity index (χ1n) is 5.26. The van der Waals surface area contributed by atoms with Crippen molar-refractivity contribution in [1.82, 2.24) is 4.90 Å². The summed E-state index contributed by atoms with van der Waals surface area (Å²) in [4.78, 5) is 2.14. The van der Waals surface area contributed by atoms with Crippen LogP contribution in [0.5, 0.6) is 0 Å². The monoisotopic (exact) mass is 196 g/mol. The van der Waals surface area contributed by atoms with Crippen molar-refractivity contribution in [1.29, 1.82) is 5.26 Å². The number of hydrogen-bond acceptors (Lipinski definition) is 3. The largest absolute Gasteiger partial charge is 0.381 e. The van der Waals surface area contributed by atoms with Crippen LogP contribution in [0.15, 0.2) is 0 Å². The molecule has 0 aliphatic carbocycles. The lowest BCUT2D eigenvalue weighted by Crippen LogP contribution is -2.43. The molecule has 80 valence electrons. The van der Waals surface area contributed by atoms with E-state index in [-0.39, 0.29) is 5.54 Å². The molecule has 1 heterocycles. The third-order valence-electron chi connectivity index (χ3n) is 3.10. The summed E-state index contributed by atoms with van der Waals surface area (Å²) in [6, 6.07) is 2.33. The van der Waals surface area contributed by atoms with E-state index in [4.69, 9.17) is 10.00 Å². The van der Waals surface area contributed by atoms with Crippen molar-refractivity contribution in [2.24, 2.45) is 5.92 Å². The van der Waals surface area contributed by atoms with E-state index in [2.05, 4.69) is 11.0 Å². The molecule has 3 nitrogen and oxygen atoms in total. The average Bonchev–Trinajstić information content (AvgIpc) is 2.19. The maximum atomic E-state index is 8.98. The van der Waals surface area contributed by atoms with Gasteiger partial charge in [-0.3, -0.25) is 4.90 Å². The number of rotatable bonds is 3. The summed E-state index contributed by atoms with van der Waals surface area (Å²) in [7, 11) is 2.03. The van der Waals surface area contributed by atoms with Crippen LogP contribution in [0.3, 0.4) is 0 Å². The summed E-state index contributed by atoms with van der Waals surface area (Å²) >= 11 is 0. The Kier molecular flexibility index (Phi) is 3.91. The smallest absolute Gasteiger partial charge is 0.103 e. The number of nitrogens with zero attached hydrogens (tertiary/aromatic N) is 2. The van der Waals surface area contributed by atoms with Gasteiger partial charge < -0.3 is 4.74 Å². The zero-order valence-corrected chi connectivity index (χ0v) is 9.42. The second-order valence-corrected chi connectivity index (χ2v) is 4.61. The minimum atomic E-state index is -0.349. The Morgan fingerprint density at radius 1 is 1.43 bits per heavy atom. The number of hydrogen-bond donors (Lipinski definition) is 0. The molecule has 0 unspecified atom stereocenters. The fraction of sp³-hybridized carbons (Fsp3) is 0.909. The van der Waals surface area contributed by atoms with E-state index in [1.807, 2.05) is 20.9 Å². The Morgan fingerprint density at radius 2 is 2.00 bits per heavy atom. The molecule has 3 heteroatoms. The van der Waals surface area contributed by atoms with Crippen LogP contribution in [0.25, 0.3) is 0 Å². The summed E-state index contributed by atoms with van der Waals surface area (Å²) in [5.74, 6) is 0.696. The van der Waals surface area contributed by atoms with Gasteiger partial charge in [0.25, 0.3) is 0 Å². The zero-order chi connectivity index (χ0) is 10.6. The second kappa shape index (κ2) is 4.77. The van der Waals surface area contributed by atoms with Gasteiger partial charge in [-0.25, -0.2) is 0 Å². The number of nitriles is 1. The van der Waals surface area contributed by atoms with Crippen molar-refractivity contribution in [2.45, 2.75) is 32.2 Å². The lowest BCUT2D eigenvalue weighted by molar-refractivity contribution is 0.0471. The van der Waals surface area contributed by atoms with Crippen molar-refractivity contribution in [3.8, 4) is 6.07 Å². The van der Waals surface area contributed by atoms with Gasteiger partial charge in [0.2, 0.25) is 0 Å². The van der Waals surface area contributed by atoms with Gasteiger partial charge >= 0.3 is 0 Å². The predicted molar refractivity (Wildman–Crippen MR) is 55.9 cm³/mol. The van der Waals surface area contributed by atoms with E-state index in [9.17, 15) is 0 Å². The molecule has 1 aliphatic heterocycles. The molecular weight excluding hydrogens is 176 g/mol. The maximum Gasteiger partial charge on any atom is 0.103 e. The van der Waals surface area contributed by atoms with Crippen molar-refractivity contribution in [3.63, 3.8) is 0 Å². The van der Waals surface area contributed by atoms with Gasteiger partial charge in [0, 0.05) is 19.8 Å². The Hall–Kier alpha value is -0.590. The molecule has 1 saturated heterocycles. The van der Waals surface area contributed by atoms with E-state index in [0.717, 1.165) is 32.6 Å². The highest BCUT2D eigenvalue weighted by Crippen LogP contribution is 2.19. The summed E-state index contributed by atoms with van der Waals surface area (Å²) < 4.78 is 5.31. The molecule has 0 N–H and O–H groups in total. The standard InChI is InChI=1S/C11H20N2O/c1-11(2,9-12)13(3)8-10-4-6-14-7-5-10/h10H,4-8H2,1-3H3. The fourth-order valence-corrected chi connectivity index (χ4v) is 1.63. The SMILES string of the molecule is CN(CC1CCOCC1)C(C)(C)C#N. The fourth-order valence-electron chi connectivity index (χ4n) is 1.63. The van der Waals surface area contributed by atoms with Crippen LogP contribution in [0.4, 0.5) is 0 Å². The van der Waals surface area contributed by atoms with Crippen LogP contribution in [0, 0.1) is 17.2 Å². The molecule has 0 spiro atoms. The molecule has 0 aromatic rings. The topological polar surface area (TPSA) is 36.3 Å². The Morgan fingerprint density at radius 3 is 2.50 bits per heavy atom. The summed E-state index contributed by atoms with van der Waals surface area (Å²) in [5.41, 5.74) is -0.349. The molecule has 0 bridgehead atoms. The second-order valence-electron chi connectivity index (χ2n) is 4.61. The number of ether oxygens (including phenoxy) is 1. The summed E-state index contributed by atoms with van der Waals surface area (Å²) in [5, 5.41) is 8.98. The van der Waals surface area contributed by atoms with E-state index in [1.165, 1.54) is 0 Å². The molecule has 1 rings (SSSR count). The first kappa shape index (κ1) is 11.5. The van der Waals surface area contributed by atoms with Crippen molar-refractivity contribution >= 4 is 0 Å². The molecule has 1 aliphatic rings. The van der Waals surface area contributed by atoms with Crippen LogP contribution in [0.2, 0.25) is 0 Å². The minimum Gasteiger partial charge on any atom is -0.381 e.